The Bertz CT molecular complexity index is 1230. The molecule has 0 saturated heterocycles. The highest BCUT2D eigenvalue weighted by molar-refractivity contribution is 5.87. The van der Waals surface area contributed by atoms with Crippen LogP contribution >= 0.6 is 0 Å². The molecular weight excluding hydrogens is 437 g/mol. The molecule has 1 atom stereocenters. The van der Waals surface area contributed by atoms with E-state index in [0.717, 1.165) is 28.1 Å². The number of carbonyl (C=O) groups excluding carboxylic acids is 1. The number of aryl methyl sites for hydroxylation is 1. The Morgan fingerprint density at radius 1 is 1.15 bits per heavy atom. The molecule has 3 aromatic rings. The van der Waals surface area contributed by atoms with E-state index in [9.17, 15) is 14.3 Å². The topological polar surface area (TPSA) is 76.0 Å². The Morgan fingerprint density at radius 3 is 2.47 bits per heavy atom. The van der Waals surface area contributed by atoms with E-state index in [-0.39, 0.29) is 41.4 Å². The van der Waals surface area contributed by atoms with Gasteiger partial charge in [-0.3, -0.25) is 4.79 Å². The molecule has 1 amide bonds. The number of hydrogen-bond acceptors (Lipinski definition) is 5. The number of halogens is 1. The van der Waals surface area contributed by atoms with Crippen molar-refractivity contribution in [2.24, 2.45) is 7.05 Å². The number of fused-ring (bicyclic) bond motifs is 1. The molecule has 0 fully saturated rings. The molecule has 8 heteroatoms. The number of hydrogen-bond donors (Lipinski definition) is 2. The van der Waals surface area contributed by atoms with E-state index in [1.165, 1.54) is 26.4 Å². The Labute approximate surface area is 198 Å². The Hall–Kier alpha value is -3.94. The number of nitrogens with zero attached hydrogens (tertiary/aromatic N) is 2. The first kappa shape index (κ1) is 23.2. The van der Waals surface area contributed by atoms with Gasteiger partial charge >= 0.3 is 0 Å². The fraction of sp³-hybridized carbons (Fsp3) is 0.269. The van der Waals surface area contributed by atoms with E-state index >= 15 is 0 Å². The largest absolute Gasteiger partial charge is 0.502 e. The lowest BCUT2D eigenvalue weighted by atomic mass is 10.0. The minimum atomic E-state index is -0.351. The summed E-state index contributed by atoms with van der Waals surface area (Å²) in [5.41, 5.74) is 4.15. The third kappa shape index (κ3) is 4.44. The van der Waals surface area contributed by atoms with Gasteiger partial charge in [-0.1, -0.05) is 0 Å². The molecule has 2 heterocycles. The van der Waals surface area contributed by atoms with Crippen LogP contribution in [0.4, 0.5) is 4.39 Å². The molecule has 34 heavy (non-hydrogen) atoms. The first-order valence-corrected chi connectivity index (χ1v) is 10.9. The van der Waals surface area contributed by atoms with Gasteiger partial charge in [0.05, 0.1) is 33.2 Å². The van der Waals surface area contributed by atoms with Crippen LogP contribution in [0.2, 0.25) is 0 Å². The van der Waals surface area contributed by atoms with Crippen LogP contribution in [-0.2, 0) is 18.4 Å². The molecule has 7 nitrogen and oxygen atoms in total. The maximum Gasteiger partial charge on any atom is 0.222 e. The monoisotopic (exact) mass is 465 g/mol. The van der Waals surface area contributed by atoms with Crippen LogP contribution in [0, 0.1) is 5.82 Å². The zero-order valence-electron chi connectivity index (χ0n) is 19.6. The van der Waals surface area contributed by atoms with E-state index in [4.69, 9.17) is 9.47 Å². The molecule has 0 aliphatic carbocycles. The van der Waals surface area contributed by atoms with Crippen molar-refractivity contribution in [3.8, 4) is 17.2 Å². The van der Waals surface area contributed by atoms with E-state index < -0.39 is 0 Å². The molecule has 1 unspecified atom stereocenters. The number of methoxy groups -OCH3 is 2. The van der Waals surface area contributed by atoms with Crippen LogP contribution in [0.3, 0.4) is 0 Å². The second-order valence-corrected chi connectivity index (χ2v) is 8.25. The summed E-state index contributed by atoms with van der Waals surface area (Å²) in [6, 6.07) is 11.6. The van der Waals surface area contributed by atoms with Crippen LogP contribution in [0.25, 0.3) is 11.8 Å². The highest BCUT2D eigenvalue weighted by Gasteiger charge is 2.33. The Morgan fingerprint density at radius 2 is 1.85 bits per heavy atom. The van der Waals surface area contributed by atoms with Crippen LogP contribution in [0.15, 0.2) is 48.7 Å². The highest BCUT2D eigenvalue weighted by Crippen LogP contribution is 2.44. The average Bonchev–Trinajstić information content (AvgIpc) is 3.34. The SMILES string of the molecule is COc1cc(C=C2c3ccc(F)cc3C(CC(=O)NCc3cccn3C)N2C)cc(OC)c1O. The predicted molar refractivity (Wildman–Crippen MR) is 128 cm³/mol. The minimum absolute atomic E-state index is 0.0813. The molecule has 1 aromatic heterocycles. The first-order valence-electron chi connectivity index (χ1n) is 10.9. The summed E-state index contributed by atoms with van der Waals surface area (Å²) in [6.45, 7) is 0.421. The summed E-state index contributed by atoms with van der Waals surface area (Å²) in [7, 11) is 6.74. The predicted octanol–water partition coefficient (Wildman–Crippen LogP) is 4.08. The van der Waals surface area contributed by atoms with Gasteiger partial charge in [0.25, 0.3) is 0 Å². The summed E-state index contributed by atoms with van der Waals surface area (Å²) in [5, 5.41) is 13.2. The van der Waals surface area contributed by atoms with E-state index in [2.05, 4.69) is 5.32 Å². The van der Waals surface area contributed by atoms with Crippen LogP contribution in [-0.4, -0.2) is 41.7 Å². The lowest BCUT2D eigenvalue weighted by Crippen LogP contribution is -2.28. The molecule has 2 N–H and O–H groups in total. The number of benzene rings is 2. The molecule has 0 saturated carbocycles. The molecular formula is C26H28FN3O4. The van der Waals surface area contributed by atoms with Crippen molar-refractivity contribution < 1.29 is 23.8 Å². The van der Waals surface area contributed by atoms with Gasteiger partial charge in [0.1, 0.15) is 5.82 Å². The molecule has 1 aliphatic heterocycles. The lowest BCUT2D eigenvalue weighted by molar-refractivity contribution is -0.122. The van der Waals surface area contributed by atoms with Crippen LogP contribution in [0.5, 0.6) is 17.2 Å². The van der Waals surface area contributed by atoms with E-state index in [1.807, 2.05) is 48.0 Å². The van der Waals surface area contributed by atoms with Gasteiger partial charge < -0.3 is 29.4 Å². The lowest BCUT2D eigenvalue weighted by Gasteiger charge is -2.23. The van der Waals surface area contributed by atoms with Crippen molar-refractivity contribution in [2.45, 2.75) is 19.0 Å². The average molecular weight is 466 g/mol. The number of amides is 1. The Kier molecular flexibility index (Phi) is 6.49. The summed E-state index contributed by atoms with van der Waals surface area (Å²) in [5.74, 6) is 0.00538. The number of nitrogens with one attached hydrogen (secondary N) is 1. The highest BCUT2D eigenvalue weighted by atomic mass is 19.1. The Balaban J connectivity index is 1.63. The number of ether oxygens (including phenoxy) is 2. The normalized spacial score (nSPS) is 16.0. The van der Waals surface area contributed by atoms with Crippen molar-refractivity contribution in [3.63, 3.8) is 0 Å². The second-order valence-electron chi connectivity index (χ2n) is 8.25. The summed E-state index contributed by atoms with van der Waals surface area (Å²) in [6.07, 6.45) is 4.01. The van der Waals surface area contributed by atoms with Gasteiger partial charge in [0, 0.05) is 37.2 Å². The minimum Gasteiger partial charge on any atom is -0.502 e. The van der Waals surface area contributed by atoms with Gasteiger partial charge in [-0.15, -0.1) is 0 Å². The summed E-state index contributed by atoms with van der Waals surface area (Å²) >= 11 is 0. The third-order valence-electron chi connectivity index (χ3n) is 6.20. The van der Waals surface area contributed by atoms with Crippen molar-refractivity contribution in [2.75, 3.05) is 21.3 Å². The fourth-order valence-corrected chi connectivity index (χ4v) is 4.31. The van der Waals surface area contributed by atoms with E-state index in [0.29, 0.717) is 6.54 Å². The fourth-order valence-electron chi connectivity index (χ4n) is 4.31. The smallest absolute Gasteiger partial charge is 0.222 e. The molecule has 2 aromatic carbocycles. The summed E-state index contributed by atoms with van der Waals surface area (Å²) < 4.78 is 26.7. The number of phenolic OH excluding ortho intramolecular Hbond substituents is 1. The van der Waals surface area contributed by atoms with E-state index in [1.54, 1.807) is 18.2 Å². The van der Waals surface area contributed by atoms with Crippen molar-refractivity contribution in [3.05, 3.63) is 76.9 Å². The van der Waals surface area contributed by atoms with Crippen LogP contribution < -0.4 is 14.8 Å². The molecule has 178 valence electrons. The number of carbonyl (C=O) groups is 1. The maximum atomic E-state index is 14.2. The standard InChI is InChI=1S/C26H28FN3O4/c1-29-9-5-6-18(29)15-28-25(31)14-22-20-13-17(27)7-8-19(20)21(30(22)2)10-16-11-23(33-3)26(32)24(12-16)34-4/h5-13,22,32H,14-15H2,1-4H3,(H,28,31). The molecule has 0 bridgehead atoms. The molecule has 1 aliphatic rings. The number of rotatable bonds is 7. The summed E-state index contributed by atoms with van der Waals surface area (Å²) in [4.78, 5) is 14.8. The first-order chi connectivity index (χ1) is 16.3. The molecule has 4 rings (SSSR count). The van der Waals surface area contributed by atoms with Crippen LogP contribution in [0.1, 0.15) is 34.8 Å². The van der Waals surface area contributed by atoms with Gasteiger partial charge in [-0.2, -0.15) is 0 Å². The third-order valence-corrected chi connectivity index (χ3v) is 6.20. The quantitative estimate of drug-likeness (QED) is 0.550. The molecule has 0 spiro atoms. The van der Waals surface area contributed by atoms with Gasteiger partial charge in [-0.25, -0.2) is 4.39 Å². The number of aromatic nitrogens is 1. The van der Waals surface area contributed by atoms with Crippen molar-refractivity contribution in [1.29, 1.82) is 0 Å². The zero-order valence-corrected chi connectivity index (χ0v) is 19.6. The van der Waals surface area contributed by atoms with Gasteiger partial charge in [0.15, 0.2) is 11.5 Å². The second kappa shape index (κ2) is 9.51. The maximum absolute atomic E-state index is 14.2. The molecule has 0 radical (unpaired) electrons. The van der Waals surface area contributed by atoms with Gasteiger partial charge in [-0.05, 0) is 59.7 Å². The number of phenols is 1. The van der Waals surface area contributed by atoms with Gasteiger partial charge in [0.2, 0.25) is 11.7 Å². The van der Waals surface area contributed by atoms with Crippen molar-refractivity contribution in [1.82, 2.24) is 14.8 Å². The van der Waals surface area contributed by atoms with Crippen molar-refractivity contribution >= 4 is 17.7 Å². The number of aromatic hydroxyl groups is 1. The zero-order chi connectivity index (χ0) is 24.4.